The van der Waals surface area contributed by atoms with Gasteiger partial charge in [0.1, 0.15) is 0 Å². The number of halogens is 10. The third-order valence-electron chi connectivity index (χ3n) is 4.56. The quantitative estimate of drug-likeness (QED) is 0.302. The van der Waals surface area contributed by atoms with Gasteiger partial charge in [0.25, 0.3) is 0 Å². The standard InChI is InChI=1S/C22H14F9S.BrH/c23-19(24,20(25,26)21(27,28)22(29,30)31)15-11-13-18(14-12-15)32(16-7-3-1-4-8-16)17-9-5-2-6-10-17;/h1-14H;1H/q+1;/p-1. The first kappa shape index (κ1) is 27.1. The van der Waals surface area contributed by atoms with E-state index >= 15 is 0 Å². The van der Waals surface area contributed by atoms with E-state index in [-0.39, 0.29) is 17.0 Å². The molecule has 11 heteroatoms. The highest BCUT2D eigenvalue weighted by atomic mass is 79.9. The van der Waals surface area contributed by atoms with Crippen LogP contribution < -0.4 is 17.0 Å². The molecular weight excluding hydrogens is 547 g/mol. The fraction of sp³-hybridized carbons (Fsp3) is 0.182. The zero-order valence-electron chi connectivity index (χ0n) is 16.3. The lowest BCUT2D eigenvalue weighted by Gasteiger charge is -2.33. The van der Waals surface area contributed by atoms with Crippen molar-refractivity contribution in [3.63, 3.8) is 0 Å². The van der Waals surface area contributed by atoms with Crippen LogP contribution in [-0.4, -0.2) is 18.0 Å². The summed E-state index contributed by atoms with van der Waals surface area (Å²) in [5.41, 5.74) is -1.65. The van der Waals surface area contributed by atoms with E-state index in [1.54, 1.807) is 60.7 Å². The lowest BCUT2D eigenvalue weighted by atomic mass is 9.97. The smallest absolute Gasteiger partial charge is 0.460 e. The number of benzene rings is 3. The molecule has 178 valence electrons. The number of rotatable bonds is 6. The van der Waals surface area contributed by atoms with Gasteiger partial charge in [-0.2, -0.15) is 39.5 Å². The molecule has 33 heavy (non-hydrogen) atoms. The van der Waals surface area contributed by atoms with Gasteiger partial charge < -0.3 is 17.0 Å². The van der Waals surface area contributed by atoms with Crippen molar-refractivity contribution in [2.24, 2.45) is 0 Å². The SMILES string of the molecule is FC(F)(F)C(F)(F)C(F)(F)C(F)(F)c1ccc([S+](c2ccccc2)c2ccccc2)cc1.[Br-]. The van der Waals surface area contributed by atoms with Crippen LogP contribution in [0.1, 0.15) is 5.56 Å². The average molecular weight is 561 g/mol. The van der Waals surface area contributed by atoms with Gasteiger partial charge in [-0.3, -0.25) is 0 Å². The second kappa shape index (κ2) is 9.61. The van der Waals surface area contributed by atoms with Crippen LogP contribution in [0.25, 0.3) is 0 Å². The summed E-state index contributed by atoms with van der Waals surface area (Å²) < 4.78 is 119. The Balaban J connectivity index is 0.00000385. The molecule has 0 saturated heterocycles. The minimum Gasteiger partial charge on any atom is -1.00 e. The molecule has 3 rings (SSSR count). The number of hydrogen-bond acceptors (Lipinski definition) is 0. The van der Waals surface area contributed by atoms with Crippen LogP contribution in [0.5, 0.6) is 0 Å². The third kappa shape index (κ3) is 4.89. The minimum atomic E-state index is -6.93. The highest BCUT2D eigenvalue weighted by Crippen LogP contribution is 2.56. The second-order valence-corrected chi connectivity index (χ2v) is 8.70. The Morgan fingerprint density at radius 3 is 1.18 bits per heavy atom. The maximum Gasteiger partial charge on any atom is 0.460 e. The highest BCUT2D eigenvalue weighted by Gasteiger charge is 2.82. The summed E-state index contributed by atoms with van der Waals surface area (Å²) in [5.74, 6) is -19.4. The van der Waals surface area contributed by atoms with E-state index in [1.165, 1.54) is 0 Å². The van der Waals surface area contributed by atoms with Gasteiger partial charge in [0.05, 0.1) is 10.9 Å². The van der Waals surface area contributed by atoms with Crippen LogP contribution in [0.4, 0.5) is 39.5 Å². The first-order valence-electron chi connectivity index (χ1n) is 8.96. The summed E-state index contributed by atoms with van der Waals surface area (Å²) in [6, 6.07) is 20.4. The van der Waals surface area contributed by atoms with Crippen molar-refractivity contribution in [1.29, 1.82) is 0 Å². The van der Waals surface area contributed by atoms with Crippen LogP contribution in [0.3, 0.4) is 0 Å². The van der Waals surface area contributed by atoms with E-state index in [1.807, 2.05) is 0 Å². The molecule has 3 aromatic carbocycles. The Bertz CT molecular complexity index is 997. The molecule has 0 unspecified atom stereocenters. The minimum absolute atomic E-state index is 0. The number of hydrogen-bond donors (Lipinski definition) is 0. The largest absolute Gasteiger partial charge is 1.00 e. The zero-order valence-corrected chi connectivity index (χ0v) is 18.7. The molecule has 0 heterocycles. The molecule has 0 spiro atoms. The van der Waals surface area contributed by atoms with Crippen molar-refractivity contribution in [3.8, 4) is 0 Å². The average Bonchev–Trinajstić information content (AvgIpc) is 2.75. The van der Waals surface area contributed by atoms with Gasteiger partial charge in [-0.05, 0) is 48.5 Å². The first-order chi connectivity index (χ1) is 14.8. The predicted octanol–water partition coefficient (Wildman–Crippen LogP) is 4.71. The molecule has 0 saturated carbocycles. The Labute approximate surface area is 196 Å². The van der Waals surface area contributed by atoms with E-state index in [0.717, 1.165) is 21.9 Å². The number of alkyl halides is 9. The third-order valence-corrected chi connectivity index (χ3v) is 6.79. The molecule has 0 aromatic heterocycles. The van der Waals surface area contributed by atoms with Gasteiger partial charge in [0, 0.05) is 5.56 Å². The molecule has 0 aliphatic rings. The van der Waals surface area contributed by atoms with Crippen molar-refractivity contribution in [1.82, 2.24) is 0 Å². The fourth-order valence-corrected chi connectivity index (χ4v) is 4.96. The van der Waals surface area contributed by atoms with Crippen LogP contribution in [-0.2, 0) is 16.8 Å². The van der Waals surface area contributed by atoms with Gasteiger partial charge >= 0.3 is 23.9 Å². The molecule has 3 aromatic rings. The lowest BCUT2D eigenvalue weighted by molar-refractivity contribution is -0.399. The molecule has 0 fully saturated rings. The van der Waals surface area contributed by atoms with Crippen LogP contribution >= 0.6 is 0 Å². The van der Waals surface area contributed by atoms with Crippen molar-refractivity contribution >= 4 is 10.9 Å². The summed E-state index contributed by atoms with van der Waals surface area (Å²) in [6.45, 7) is 0. The van der Waals surface area contributed by atoms with Crippen molar-refractivity contribution in [3.05, 3.63) is 90.5 Å². The monoisotopic (exact) mass is 560 g/mol. The molecule has 0 aliphatic heterocycles. The van der Waals surface area contributed by atoms with E-state index < -0.39 is 40.4 Å². The molecule has 0 radical (unpaired) electrons. The topological polar surface area (TPSA) is 0 Å². The van der Waals surface area contributed by atoms with E-state index in [9.17, 15) is 39.5 Å². The maximum atomic E-state index is 14.2. The van der Waals surface area contributed by atoms with Gasteiger partial charge in [-0.1, -0.05) is 36.4 Å². The summed E-state index contributed by atoms with van der Waals surface area (Å²) in [6.07, 6.45) is -6.85. The molecule has 0 nitrogen and oxygen atoms in total. The van der Waals surface area contributed by atoms with Crippen LogP contribution in [0.2, 0.25) is 0 Å². The van der Waals surface area contributed by atoms with E-state index in [2.05, 4.69) is 0 Å². The predicted molar refractivity (Wildman–Crippen MR) is 101 cm³/mol. The first-order valence-corrected chi connectivity index (χ1v) is 10.2. The van der Waals surface area contributed by atoms with Crippen molar-refractivity contribution < 1.29 is 56.5 Å². The zero-order chi connectivity index (χ0) is 23.8. The van der Waals surface area contributed by atoms with Crippen LogP contribution in [0.15, 0.2) is 99.6 Å². The molecule has 0 N–H and O–H groups in total. The van der Waals surface area contributed by atoms with E-state index in [0.29, 0.717) is 17.0 Å². The molecule has 0 bridgehead atoms. The maximum absolute atomic E-state index is 14.2. The molecular formula is C22H14BrF9S. The highest BCUT2D eigenvalue weighted by molar-refractivity contribution is 7.97. The Hall–Kier alpha value is -2.14. The summed E-state index contributed by atoms with van der Waals surface area (Å²) >= 11 is 0. The Morgan fingerprint density at radius 1 is 0.455 bits per heavy atom. The van der Waals surface area contributed by atoms with Crippen molar-refractivity contribution in [2.75, 3.05) is 0 Å². The summed E-state index contributed by atoms with van der Waals surface area (Å²) in [5, 5.41) is 0. The van der Waals surface area contributed by atoms with E-state index in [4.69, 9.17) is 0 Å². The molecule has 0 aliphatic carbocycles. The fourth-order valence-electron chi connectivity index (χ4n) is 2.88. The van der Waals surface area contributed by atoms with Crippen molar-refractivity contribution in [2.45, 2.75) is 38.6 Å². The van der Waals surface area contributed by atoms with Gasteiger partial charge in [-0.25, -0.2) is 0 Å². The second-order valence-electron chi connectivity index (χ2n) is 6.68. The van der Waals surface area contributed by atoms with Crippen LogP contribution in [0, 0.1) is 0 Å². The summed E-state index contributed by atoms with van der Waals surface area (Å²) in [7, 11) is -0.863. The Morgan fingerprint density at radius 2 is 0.818 bits per heavy atom. The van der Waals surface area contributed by atoms with Gasteiger partial charge in [0.2, 0.25) is 0 Å². The summed E-state index contributed by atoms with van der Waals surface area (Å²) in [4.78, 5) is 1.90. The molecule has 0 atom stereocenters. The lowest BCUT2D eigenvalue weighted by Crippen LogP contribution is -3.00. The Kier molecular flexibility index (Phi) is 7.90. The van der Waals surface area contributed by atoms with Gasteiger partial charge in [-0.15, -0.1) is 0 Å². The van der Waals surface area contributed by atoms with Gasteiger partial charge in [0.15, 0.2) is 14.7 Å². The normalized spacial score (nSPS) is 13.0. The molecule has 0 amide bonds.